The molecule has 1 aliphatic heterocycles. The van der Waals surface area contributed by atoms with Gasteiger partial charge in [0.15, 0.2) is 0 Å². The number of rotatable bonds is 2. The summed E-state index contributed by atoms with van der Waals surface area (Å²) < 4.78 is 0.140. The lowest BCUT2D eigenvalue weighted by atomic mass is 9.61. The van der Waals surface area contributed by atoms with Crippen LogP contribution in [-0.4, -0.2) is 39.4 Å². The fourth-order valence-electron chi connectivity index (χ4n) is 3.10. The average Bonchev–Trinajstić information content (AvgIpc) is 2.21. The Labute approximate surface area is 119 Å². The van der Waals surface area contributed by atoms with Crippen molar-refractivity contribution in [3.8, 4) is 0 Å². The molecule has 1 amide bonds. The molecule has 1 saturated carbocycles. The SMILES string of the molecule is CC1CC(C(=O)N2CCSC(C)(C)C2)(C(N)=S)C1. The molecule has 0 aromatic carbocycles. The molecule has 0 atom stereocenters. The van der Waals surface area contributed by atoms with Gasteiger partial charge in [-0.2, -0.15) is 11.8 Å². The van der Waals surface area contributed by atoms with Gasteiger partial charge >= 0.3 is 0 Å². The van der Waals surface area contributed by atoms with Gasteiger partial charge in [-0.25, -0.2) is 0 Å². The fraction of sp³-hybridized carbons (Fsp3) is 0.846. The molecule has 18 heavy (non-hydrogen) atoms. The Bertz CT molecular complexity index is 375. The van der Waals surface area contributed by atoms with Crippen LogP contribution < -0.4 is 5.73 Å². The number of hydrogen-bond donors (Lipinski definition) is 1. The maximum atomic E-state index is 12.7. The van der Waals surface area contributed by atoms with Crippen LogP contribution in [0, 0.1) is 11.3 Å². The second kappa shape index (κ2) is 4.67. The van der Waals surface area contributed by atoms with Gasteiger partial charge in [-0.1, -0.05) is 19.1 Å². The first kappa shape index (κ1) is 14.1. The van der Waals surface area contributed by atoms with Gasteiger partial charge in [0.1, 0.15) is 0 Å². The van der Waals surface area contributed by atoms with E-state index in [2.05, 4.69) is 20.8 Å². The van der Waals surface area contributed by atoms with Crippen LogP contribution in [0.25, 0.3) is 0 Å². The van der Waals surface area contributed by atoms with Crippen LogP contribution in [0.3, 0.4) is 0 Å². The monoisotopic (exact) mass is 286 g/mol. The van der Waals surface area contributed by atoms with E-state index in [4.69, 9.17) is 18.0 Å². The highest BCUT2D eigenvalue weighted by Gasteiger charge is 2.53. The normalized spacial score (nSPS) is 34.8. The Balaban J connectivity index is 2.13. The highest BCUT2D eigenvalue weighted by Crippen LogP contribution is 2.47. The van der Waals surface area contributed by atoms with E-state index in [-0.39, 0.29) is 10.7 Å². The fourth-order valence-corrected chi connectivity index (χ4v) is 4.47. The standard InChI is InChI=1S/C13H22N2OS2/c1-9-6-13(7-9,10(14)17)11(16)15-4-5-18-12(2,3)8-15/h9H,4-8H2,1-3H3,(H2,14,17). The summed E-state index contributed by atoms with van der Waals surface area (Å²) in [6.07, 6.45) is 1.65. The predicted molar refractivity (Wildman–Crippen MR) is 80.7 cm³/mol. The summed E-state index contributed by atoms with van der Waals surface area (Å²) in [5.74, 6) is 1.73. The highest BCUT2D eigenvalue weighted by molar-refractivity contribution is 8.00. The molecule has 2 rings (SSSR count). The minimum Gasteiger partial charge on any atom is -0.392 e. The summed E-state index contributed by atoms with van der Waals surface area (Å²) >= 11 is 7.09. The first-order chi connectivity index (χ1) is 8.27. The van der Waals surface area contributed by atoms with Crippen molar-refractivity contribution in [2.75, 3.05) is 18.8 Å². The molecule has 0 aromatic rings. The van der Waals surface area contributed by atoms with Crippen LogP contribution >= 0.6 is 24.0 Å². The second-order valence-corrected chi connectivity index (χ2v) is 8.54. The number of amides is 1. The number of nitrogens with zero attached hydrogens (tertiary/aromatic N) is 1. The lowest BCUT2D eigenvalue weighted by molar-refractivity contribution is -0.144. The van der Waals surface area contributed by atoms with E-state index < -0.39 is 5.41 Å². The molecule has 5 heteroatoms. The van der Waals surface area contributed by atoms with Gasteiger partial charge in [0.25, 0.3) is 0 Å². The van der Waals surface area contributed by atoms with Crippen molar-refractivity contribution in [3.63, 3.8) is 0 Å². The van der Waals surface area contributed by atoms with E-state index in [1.54, 1.807) is 0 Å². The molecule has 2 aliphatic rings. The average molecular weight is 286 g/mol. The number of carbonyl (C=O) groups excluding carboxylic acids is 1. The molecule has 0 unspecified atom stereocenters. The van der Waals surface area contributed by atoms with Gasteiger partial charge in [0, 0.05) is 23.6 Å². The molecule has 0 aromatic heterocycles. The van der Waals surface area contributed by atoms with Crippen LogP contribution in [0.5, 0.6) is 0 Å². The van der Waals surface area contributed by atoms with Crippen molar-refractivity contribution in [2.24, 2.45) is 17.1 Å². The third kappa shape index (κ3) is 2.39. The molecular formula is C13H22N2OS2. The largest absolute Gasteiger partial charge is 0.392 e. The number of hydrogen-bond acceptors (Lipinski definition) is 3. The molecule has 3 nitrogen and oxygen atoms in total. The molecule has 0 spiro atoms. The quantitative estimate of drug-likeness (QED) is 0.789. The summed E-state index contributed by atoms with van der Waals surface area (Å²) in [6.45, 7) is 8.16. The number of thiocarbonyl (C=S) groups is 1. The van der Waals surface area contributed by atoms with Gasteiger partial charge in [-0.15, -0.1) is 0 Å². The van der Waals surface area contributed by atoms with E-state index in [1.807, 2.05) is 16.7 Å². The Morgan fingerprint density at radius 3 is 2.50 bits per heavy atom. The van der Waals surface area contributed by atoms with Crippen molar-refractivity contribution >= 4 is 34.9 Å². The molecule has 1 saturated heterocycles. The molecular weight excluding hydrogens is 264 g/mol. The van der Waals surface area contributed by atoms with Gasteiger partial charge in [0.05, 0.1) is 10.4 Å². The zero-order chi connectivity index (χ0) is 13.6. The number of carbonyl (C=O) groups is 1. The minimum absolute atomic E-state index is 0.140. The number of nitrogens with two attached hydrogens (primary N) is 1. The first-order valence-electron chi connectivity index (χ1n) is 6.50. The van der Waals surface area contributed by atoms with Gasteiger partial charge in [-0.3, -0.25) is 4.79 Å². The Morgan fingerprint density at radius 1 is 1.44 bits per heavy atom. The summed E-state index contributed by atoms with van der Waals surface area (Å²) in [5.41, 5.74) is 5.31. The Morgan fingerprint density at radius 2 is 2.06 bits per heavy atom. The van der Waals surface area contributed by atoms with Crippen molar-refractivity contribution in [3.05, 3.63) is 0 Å². The van der Waals surface area contributed by atoms with E-state index in [0.717, 1.165) is 31.7 Å². The van der Waals surface area contributed by atoms with E-state index in [0.29, 0.717) is 10.9 Å². The third-order valence-electron chi connectivity index (χ3n) is 3.99. The van der Waals surface area contributed by atoms with Crippen molar-refractivity contribution < 1.29 is 4.79 Å². The van der Waals surface area contributed by atoms with Crippen LogP contribution in [0.4, 0.5) is 0 Å². The van der Waals surface area contributed by atoms with Crippen LogP contribution in [0.2, 0.25) is 0 Å². The molecule has 102 valence electrons. The molecule has 2 N–H and O–H groups in total. The van der Waals surface area contributed by atoms with Crippen LogP contribution in [-0.2, 0) is 4.79 Å². The molecule has 0 radical (unpaired) electrons. The lowest BCUT2D eigenvalue weighted by Crippen LogP contribution is -2.59. The molecule has 2 fully saturated rings. The number of thioether (sulfide) groups is 1. The van der Waals surface area contributed by atoms with Crippen molar-refractivity contribution in [1.29, 1.82) is 0 Å². The first-order valence-corrected chi connectivity index (χ1v) is 7.89. The third-order valence-corrected chi connectivity index (χ3v) is 5.68. The summed E-state index contributed by atoms with van der Waals surface area (Å²) in [4.78, 5) is 15.1. The zero-order valence-corrected chi connectivity index (χ0v) is 13.0. The smallest absolute Gasteiger partial charge is 0.235 e. The van der Waals surface area contributed by atoms with Gasteiger partial charge < -0.3 is 10.6 Å². The van der Waals surface area contributed by atoms with E-state index in [1.165, 1.54) is 0 Å². The maximum Gasteiger partial charge on any atom is 0.235 e. The Kier molecular flexibility index (Phi) is 3.67. The minimum atomic E-state index is -0.535. The lowest BCUT2D eigenvalue weighted by Gasteiger charge is -2.49. The van der Waals surface area contributed by atoms with Crippen molar-refractivity contribution in [1.82, 2.24) is 4.90 Å². The maximum absolute atomic E-state index is 12.7. The second-order valence-electron chi connectivity index (χ2n) is 6.29. The van der Waals surface area contributed by atoms with Gasteiger partial charge in [-0.05, 0) is 32.6 Å². The predicted octanol–water partition coefficient (Wildman–Crippen LogP) is 2.04. The topological polar surface area (TPSA) is 46.3 Å². The van der Waals surface area contributed by atoms with Crippen molar-refractivity contribution in [2.45, 2.75) is 38.4 Å². The summed E-state index contributed by atoms with van der Waals surface area (Å²) in [5, 5.41) is 0. The van der Waals surface area contributed by atoms with Crippen LogP contribution in [0.15, 0.2) is 0 Å². The van der Waals surface area contributed by atoms with Gasteiger partial charge in [0.2, 0.25) is 5.91 Å². The van der Waals surface area contributed by atoms with E-state index in [9.17, 15) is 4.79 Å². The zero-order valence-electron chi connectivity index (χ0n) is 11.4. The molecule has 1 heterocycles. The molecule has 1 aliphatic carbocycles. The summed E-state index contributed by atoms with van der Waals surface area (Å²) in [6, 6.07) is 0. The van der Waals surface area contributed by atoms with Crippen LogP contribution in [0.1, 0.15) is 33.6 Å². The Hall–Kier alpha value is -0.290. The molecule has 0 bridgehead atoms. The highest BCUT2D eigenvalue weighted by atomic mass is 32.2. The van der Waals surface area contributed by atoms with E-state index >= 15 is 0 Å². The summed E-state index contributed by atoms with van der Waals surface area (Å²) in [7, 11) is 0.